The number of benzene rings is 1. The highest BCUT2D eigenvalue weighted by Gasteiger charge is 2.36. The van der Waals surface area contributed by atoms with Gasteiger partial charge in [-0.3, -0.25) is 5.14 Å². The molecule has 138 valence electrons. The van der Waals surface area contributed by atoms with Gasteiger partial charge in [0.1, 0.15) is 10.6 Å². The zero-order valence-corrected chi connectivity index (χ0v) is 14.6. The molecule has 25 heavy (non-hydrogen) atoms. The van der Waals surface area contributed by atoms with Crippen molar-refractivity contribution in [1.82, 2.24) is 9.78 Å². The van der Waals surface area contributed by atoms with Crippen molar-refractivity contribution in [3.05, 3.63) is 27.7 Å². The van der Waals surface area contributed by atoms with Crippen LogP contribution >= 0.6 is 46.9 Å². The smallest absolute Gasteiger partial charge is 0.446 e. The molecular weight excluding hydrogens is 439 g/mol. The lowest BCUT2D eigenvalue weighted by Crippen LogP contribution is -2.07. The molecule has 0 aliphatic heterocycles. The third kappa shape index (κ3) is 4.42. The summed E-state index contributed by atoms with van der Waals surface area (Å²) in [4.78, 5) is -0.730. The molecule has 2 aromatic rings. The Hall–Kier alpha value is -0.950. The van der Waals surface area contributed by atoms with Gasteiger partial charge in [-0.05, 0) is 35.8 Å². The van der Waals surface area contributed by atoms with Crippen LogP contribution in [0.3, 0.4) is 0 Å². The number of aromatic hydroxyl groups is 1. The lowest BCUT2D eigenvalue weighted by Gasteiger charge is -2.13. The lowest BCUT2D eigenvalue weighted by atomic mass is 10.2. The summed E-state index contributed by atoms with van der Waals surface area (Å²) in [5.74, 6) is -1.01. The fourth-order valence-corrected chi connectivity index (χ4v) is 3.53. The van der Waals surface area contributed by atoms with E-state index in [2.05, 4.69) is 5.10 Å². The van der Waals surface area contributed by atoms with Gasteiger partial charge in [-0.2, -0.15) is 36.1 Å². The van der Waals surface area contributed by atoms with Crippen molar-refractivity contribution in [2.75, 3.05) is 0 Å². The summed E-state index contributed by atoms with van der Waals surface area (Å²) in [7, 11) is 0. The first kappa shape index (κ1) is 20.4. The molecule has 0 amide bonds. The van der Waals surface area contributed by atoms with Gasteiger partial charge in [0.15, 0.2) is 5.03 Å². The maximum Gasteiger partial charge on any atom is 0.446 e. The van der Waals surface area contributed by atoms with E-state index >= 15 is 0 Å². The molecule has 4 nitrogen and oxygen atoms in total. The average Bonchev–Trinajstić information content (AvgIpc) is 2.73. The highest BCUT2D eigenvalue weighted by molar-refractivity contribution is 8.02. The van der Waals surface area contributed by atoms with E-state index in [1.807, 2.05) is 0 Å². The highest BCUT2D eigenvalue weighted by Crippen LogP contribution is 2.47. The van der Waals surface area contributed by atoms with Crippen molar-refractivity contribution in [3.63, 3.8) is 0 Å². The van der Waals surface area contributed by atoms with E-state index < -0.39 is 60.5 Å². The van der Waals surface area contributed by atoms with Crippen molar-refractivity contribution < 1.29 is 31.4 Å². The van der Waals surface area contributed by atoms with E-state index in [-0.39, 0.29) is 0 Å². The molecule has 0 aliphatic carbocycles. The molecule has 2 rings (SSSR count). The molecule has 0 spiro atoms. The Bertz CT molecular complexity index is 785. The van der Waals surface area contributed by atoms with Crippen LogP contribution in [0.1, 0.15) is 5.56 Å². The number of thioether (sulfide) groups is 1. The zero-order valence-electron chi connectivity index (χ0n) is 11.4. The van der Waals surface area contributed by atoms with Crippen LogP contribution in [0.15, 0.2) is 22.1 Å². The fraction of sp³-hybridized carbons (Fsp3) is 0.182. The Kier molecular flexibility index (Phi) is 5.69. The Labute approximate surface area is 154 Å². The van der Waals surface area contributed by atoms with Gasteiger partial charge in [-0.15, -0.1) is 0 Å². The molecule has 1 aromatic heterocycles. The van der Waals surface area contributed by atoms with Crippen molar-refractivity contribution in [2.45, 2.75) is 21.6 Å². The van der Waals surface area contributed by atoms with Crippen LogP contribution < -0.4 is 5.14 Å². The molecular formula is C11H5Cl2F6N3OS2. The van der Waals surface area contributed by atoms with Gasteiger partial charge in [0.25, 0.3) is 0 Å². The van der Waals surface area contributed by atoms with Crippen LogP contribution in [-0.4, -0.2) is 20.4 Å². The molecule has 3 N–H and O–H groups in total. The minimum Gasteiger partial charge on any atom is -0.492 e. The molecule has 1 heterocycles. The second-order valence-electron chi connectivity index (χ2n) is 4.32. The predicted octanol–water partition coefficient (Wildman–Crippen LogP) is 5.48. The summed E-state index contributed by atoms with van der Waals surface area (Å²) in [6.07, 6.45) is -4.74. The number of nitrogens with zero attached hydrogens (tertiary/aromatic N) is 2. The molecule has 0 saturated carbocycles. The molecule has 0 radical (unpaired) electrons. The second-order valence-corrected chi connectivity index (χ2v) is 6.83. The van der Waals surface area contributed by atoms with E-state index in [4.69, 9.17) is 28.3 Å². The summed E-state index contributed by atoms with van der Waals surface area (Å²) >= 11 is 11.1. The summed E-state index contributed by atoms with van der Waals surface area (Å²) in [5.41, 5.74) is -6.35. The van der Waals surface area contributed by atoms with E-state index in [9.17, 15) is 31.4 Å². The Morgan fingerprint density at radius 2 is 1.60 bits per heavy atom. The van der Waals surface area contributed by atoms with E-state index in [1.54, 1.807) is 0 Å². The third-order valence-corrected chi connectivity index (χ3v) is 4.70. The van der Waals surface area contributed by atoms with Crippen molar-refractivity contribution in [2.24, 2.45) is 5.14 Å². The summed E-state index contributed by atoms with van der Waals surface area (Å²) in [6.45, 7) is 0. The lowest BCUT2D eigenvalue weighted by molar-refractivity contribution is -0.137. The van der Waals surface area contributed by atoms with E-state index in [0.29, 0.717) is 28.8 Å². The van der Waals surface area contributed by atoms with Crippen molar-refractivity contribution in [3.8, 4) is 11.6 Å². The van der Waals surface area contributed by atoms with Gasteiger partial charge in [0, 0.05) is 0 Å². The van der Waals surface area contributed by atoms with Gasteiger partial charge in [-0.25, -0.2) is 0 Å². The number of alkyl halides is 6. The van der Waals surface area contributed by atoms with Crippen molar-refractivity contribution in [1.29, 1.82) is 0 Å². The number of hydrogen-bond acceptors (Lipinski definition) is 5. The molecule has 0 saturated heterocycles. The van der Waals surface area contributed by atoms with Gasteiger partial charge < -0.3 is 5.11 Å². The summed E-state index contributed by atoms with van der Waals surface area (Å²) in [5, 5.41) is 17.3. The molecule has 0 fully saturated rings. The highest BCUT2D eigenvalue weighted by atomic mass is 35.5. The first-order valence-corrected chi connectivity index (χ1v) is 8.31. The molecule has 0 unspecified atom stereocenters. The van der Waals surface area contributed by atoms with Gasteiger partial charge in [0.2, 0.25) is 5.88 Å². The first-order valence-electron chi connectivity index (χ1n) is 5.86. The molecule has 0 bridgehead atoms. The normalized spacial score (nSPS) is 12.7. The van der Waals surface area contributed by atoms with Crippen LogP contribution in [0.25, 0.3) is 5.69 Å². The first-order chi connectivity index (χ1) is 11.3. The number of halogens is 8. The maximum absolute atomic E-state index is 12.7. The summed E-state index contributed by atoms with van der Waals surface area (Å²) in [6, 6.07) is 1.02. The number of aromatic nitrogens is 2. The van der Waals surface area contributed by atoms with Crippen LogP contribution in [-0.2, 0) is 6.18 Å². The second kappa shape index (κ2) is 6.99. The van der Waals surface area contributed by atoms with Crippen LogP contribution in [0, 0.1) is 0 Å². The number of rotatable bonds is 3. The van der Waals surface area contributed by atoms with Gasteiger partial charge in [0.05, 0.1) is 15.6 Å². The summed E-state index contributed by atoms with van der Waals surface area (Å²) < 4.78 is 76.4. The van der Waals surface area contributed by atoms with Crippen LogP contribution in [0.5, 0.6) is 5.88 Å². The Morgan fingerprint density at radius 1 is 1.08 bits per heavy atom. The Balaban J connectivity index is 2.64. The SMILES string of the molecule is NSc1nn(-c2c(Cl)cc(C(F)(F)F)cc2Cl)c(O)c1SC(F)(F)F. The van der Waals surface area contributed by atoms with Gasteiger partial charge >= 0.3 is 11.7 Å². The van der Waals surface area contributed by atoms with Crippen LogP contribution in [0.4, 0.5) is 26.3 Å². The standard InChI is InChI=1S/C11H5Cl2F6N3OS2/c12-4-1-3(10(14,15)16)2-5(13)6(4)22-9(23)7(8(21-22)25-20)24-11(17,18)19/h1-2,23H,20H2. The largest absolute Gasteiger partial charge is 0.492 e. The van der Waals surface area contributed by atoms with Gasteiger partial charge in [-0.1, -0.05) is 23.2 Å². The van der Waals surface area contributed by atoms with E-state index in [0.717, 1.165) is 0 Å². The quantitative estimate of drug-likeness (QED) is 0.373. The van der Waals surface area contributed by atoms with Crippen molar-refractivity contribution >= 4 is 46.9 Å². The molecule has 14 heteroatoms. The third-order valence-electron chi connectivity index (χ3n) is 2.67. The minimum atomic E-state index is -4.76. The predicted molar refractivity (Wildman–Crippen MR) is 82.2 cm³/mol. The zero-order chi connectivity index (χ0) is 19.2. The maximum atomic E-state index is 12.7. The minimum absolute atomic E-state index is 0.306. The fourth-order valence-electron chi connectivity index (χ4n) is 1.74. The molecule has 1 aromatic carbocycles. The molecule has 0 aliphatic rings. The molecule has 0 atom stereocenters. The van der Waals surface area contributed by atoms with E-state index in [1.165, 1.54) is 0 Å². The Morgan fingerprint density at radius 3 is 2.00 bits per heavy atom. The number of nitrogens with two attached hydrogens (primary N) is 1. The van der Waals surface area contributed by atoms with Crippen LogP contribution in [0.2, 0.25) is 10.0 Å². The average molecular weight is 444 g/mol. The monoisotopic (exact) mass is 443 g/mol. The number of hydrogen-bond donors (Lipinski definition) is 2. The topological polar surface area (TPSA) is 64.1 Å².